The van der Waals surface area contributed by atoms with Crippen molar-refractivity contribution in [2.75, 3.05) is 33.0 Å². The molecular formula is C22H30O4. The van der Waals surface area contributed by atoms with Crippen LogP contribution in [-0.2, 0) is 22.5 Å². The van der Waals surface area contributed by atoms with E-state index in [2.05, 4.69) is 19.1 Å². The van der Waals surface area contributed by atoms with E-state index in [0.29, 0.717) is 26.4 Å². The summed E-state index contributed by atoms with van der Waals surface area (Å²) in [6.07, 6.45) is 1.94. The molecule has 2 aromatic rings. The zero-order valence-electron chi connectivity index (χ0n) is 15.9. The van der Waals surface area contributed by atoms with Crippen LogP contribution in [0.3, 0.4) is 0 Å². The van der Waals surface area contributed by atoms with Crippen molar-refractivity contribution in [2.45, 2.75) is 33.3 Å². The summed E-state index contributed by atoms with van der Waals surface area (Å²) >= 11 is 0. The summed E-state index contributed by atoms with van der Waals surface area (Å²) in [6, 6.07) is 16.2. The third kappa shape index (κ3) is 7.46. The molecule has 0 spiro atoms. The first-order valence-corrected chi connectivity index (χ1v) is 9.41. The van der Waals surface area contributed by atoms with Gasteiger partial charge >= 0.3 is 0 Å². The maximum atomic E-state index is 5.89. The fraction of sp³-hybridized carbons (Fsp3) is 0.455. The van der Waals surface area contributed by atoms with Crippen LogP contribution in [0.25, 0.3) is 0 Å². The second-order valence-electron chi connectivity index (χ2n) is 5.91. The van der Waals surface area contributed by atoms with Crippen molar-refractivity contribution < 1.29 is 18.9 Å². The molecule has 2 aromatic carbocycles. The molecule has 0 bridgehead atoms. The average molecular weight is 358 g/mol. The van der Waals surface area contributed by atoms with E-state index in [1.165, 1.54) is 5.56 Å². The number of para-hydroxylation sites is 1. The van der Waals surface area contributed by atoms with Gasteiger partial charge < -0.3 is 18.9 Å². The average Bonchev–Trinajstić information content (AvgIpc) is 2.69. The maximum Gasteiger partial charge on any atom is 0.126 e. The molecule has 4 heteroatoms. The third-order valence-electron chi connectivity index (χ3n) is 3.97. The van der Waals surface area contributed by atoms with Gasteiger partial charge in [-0.1, -0.05) is 37.3 Å². The molecule has 0 fully saturated rings. The zero-order valence-corrected chi connectivity index (χ0v) is 15.9. The van der Waals surface area contributed by atoms with Gasteiger partial charge in [-0.15, -0.1) is 0 Å². The van der Waals surface area contributed by atoms with Gasteiger partial charge in [-0.2, -0.15) is 0 Å². The normalized spacial score (nSPS) is 10.7. The van der Waals surface area contributed by atoms with Crippen LogP contribution in [-0.4, -0.2) is 33.0 Å². The van der Waals surface area contributed by atoms with Gasteiger partial charge in [0.25, 0.3) is 0 Å². The molecule has 0 saturated heterocycles. The van der Waals surface area contributed by atoms with Crippen molar-refractivity contribution in [1.82, 2.24) is 0 Å². The van der Waals surface area contributed by atoms with Crippen LogP contribution >= 0.6 is 0 Å². The molecule has 0 heterocycles. The van der Waals surface area contributed by atoms with Crippen LogP contribution in [0, 0.1) is 0 Å². The number of ether oxygens (including phenoxy) is 4. The lowest BCUT2D eigenvalue weighted by molar-refractivity contribution is 0.0711. The highest BCUT2D eigenvalue weighted by molar-refractivity contribution is 5.34. The largest absolute Gasteiger partial charge is 0.491 e. The predicted molar refractivity (Wildman–Crippen MR) is 104 cm³/mol. The number of rotatable bonds is 13. The molecule has 26 heavy (non-hydrogen) atoms. The van der Waals surface area contributed by atoms with Crippen LogP contribution in [0.2, 0.25) is 0 Å². The Labute approximate surface area is 157 Å². The van der Waals surface area contributed by atoms with Gasteiger partial charge in [0, 0.05) is 25.4 Å². The Morgan fingerprint density at radius 2 is 1.50 bits per heavy atom. The van der Waals surface area contributed by atoms with E-state index in [-0.39, 0.29) is 0 Å². The topological polar surface area (TPSA) is 36.9 Å². The summed E-state index contributed by atoms with van der Waals surface area (Å²) in [7, 11) is 0. The molecule has 0 atom stereocenters. The van der Waals surface area contributed by atoms with Gasteiger partial charge in [0.05, 0.1) is 6.61 Å². The molecule has 0 aliphatic rings. The maximum absolute atomic E-state index is 5.89. The van der Waals surface area contributed by atoms with Gasteiger partial charge in [0.1, 0.15) is 24.7 Å². The highest BCUT2D eigenvalue weighted by Crippen LogP contribution is 2.21. The lowest BCUT2D eigenvalue weighted by Crippen LogP contribution is -2.10. The second-order valence-corrected chi connectivity index (χ2v) is 5.91. The van der Waals surface area contributed by atoms with E-state index in [1.54, 1.807) is 0 Å². The van der Waals surface area contributed by atoms with Crippen LogP contribution in [0.15, 0.2) is 48.5 Å². The fourth-order valence-electron chi connectivity index (χ4n) is 2.47. The summed E-state index contributed by atoms with van der Waals surface area (Å²) in [6.45, 7) is 7.92. The molecule has 0 radical (unpaired) electrons. The fourth-order valence-corrected chi connectivity index (χ4v) is 2.47. The van der Waals surface area contributed by atoms with E-state index >= 15 is 0 Å². The number of benzene rings is 2. The first-order chi connectivity index (χ1) is 12.8. The SMILES string of the molecule is CCOCCCOCCOc1ccccc1COc1ccc(CC)cc1. The Kier molecular flexibility index (Phi) is 9.62. The highest BCUT2D eigenvalue weighted by atomic mass is 16.5. The zero-order chi connectivity index (χ0) is 18.5. The van der Waals surface area contributed by atoms with Crippen LogP contribution in [0.5, 0.6) is 11.5 Å². The van der Waals surface area contributed by atoms with Gasteiger partial charge in [-0.3, -0.25) is 0 Å². The molecule has 142 valence electrons. The highest BCUT2D eigenvalue weighted by Gasteiger charge is 2.04. The Bertz CT molecular complexity index is 610. The Morgan fingerprint density at radius 1 is 0.731 bits per heavy atom. The predicted octanol–water partition coefficient (Wildman–Crippen LogP) is 4.65. The van der Waals surface area contributed by atoms with Gasteiger partial charge in [-0.25, -0.2) is 0 Å². The molecule has 2 rings (SSSR count). The number of hydrogen-bond acceptors (Lipinski definition) is 4. The molecule has 0 N–H and O–H groups in total. The quantitative estimate of drug-likeness (QED) is 0.488. The Hall–Kier alpha value is -2.04. The minimum absolute atomic E-state index is 0.483. The van der Waals surface area contributed by atoms with Crippen LogP contribution in [0.1, 0.15) is 31.4 Å². The third-order valence-corrected chi connectivity index (χ3v) is 3.97. The smallest absolute Gasteiger partial charge is 0.126 e. The van der Waals surface area contributed by atoms with Crippen molar-refractivity contribution in [3.8, 4) is 11.5 Å². The molecular weight excluding hydrogens is 328 g/mol. The minimum atomic E-state index is 0.483. The molecule has 0 aromatic heterocycles. The van der Waals surface area contributed by atoms with Gasteiger partial charge in [0.2, 0.25) is 0 Å². The van der Waals surface area contributed by atoms with E-state index in [4.69, 9.17) is 18.9 Å². The summed E-state index contributed by atoms with van der Waals surface area (Å²) in [4.78, 5) is 0. The monoisotopic (exact) mass is 358 g/mol. The molecule has 0 unspecified atom stereocenters. The lowest BCUT2D eigenvalue weighted by Gasteiger charge is -2.13. The van der Waals surface area contributed by atoms with Crippen LogP contribution < -0.4 is 9.47 Å². The molecule has 4 nitrogen and oxygen atoms in total. The Morgan fingerprint density at radius 3 is 2.27 bits per heavy atom. The lowest BCUT2D eigenvalue weighted by atomic mass is 10.2. The first-order valence-electron chi connectivity index (χ1n) is 9.41. The Balaban J connectivity index is 1.72. The van der Waals surface area contributed by atoms with E-state index in [0.717, 1.165) is 43.1 Å². The summed E-state index contributed by atoms with van der Waals surface area (Å²) in [5, 5.41) is 0. The number of aryl methyl sites for hydroxylation is 1. The van der Waals surface area contributed by atoms with Crippen molar-refractivity contribution in [3.05, 3.63) is 59.7 Å². The van der Waals surface area contributed by atoms with E-state index < -0.39 is 0 Å². The van der Waals surface area contributed by atoms with Crippen molar-refractivity contribution in [3.63, 3.8) is 0 Å². The van der Waals surface area contributed by atoms with Crippen molar-refractivity contribution in [2.24, 2.45) is 0 Å². The van der Waals surface area contributed by atoms with Crippen molar-refractivity contribution >= 4 is 0 Å². The van der Waals surface area contributed by atoms with E-state index in [9.17, 15) is 0 Å². The van der Waals surface area contributed by atoms with Crippen LogP contribution in [0.4, 0.5) is 0 Å². The summed E-state index contributed by atoms with van der Waals surface area (Å²) in [5.74, 6) is 1.71. The first kappa shape index (κ1) is 20.3. The second kappa shape index (κ2) is 12.3. The molecule has 0 amide bonds. The summed E-state index contributed by atoms with van der Waals surface area (Å²) < 4.78 is 22.6. The van der Waals surface area contributed by atoms with Gasteiger partial charge in [0.15, 0.2) is 0 Å². The molecule has 0 aliphatic carbocycles. The summed E-state index contributed by atoms with van der Waals surface area (Å²) in [5.41, 5.74) is 2.34. The minimum Gasteiger partial charge on any atom is -0.491 e. The van der Waals surface area contributed by atoms with Gasteiger partial charge in [-0.05, 0) is 43.5 Å². The van der Waals surface area contributed by atoms with Crippen molar-refractivity contribution in [1.29, 1.82) is 0 Å². The molecule has 0 aliphatic heterocycles. The standard InChI is InChI=1S/C22H30O4/c1-3-19-10-12-21(13-11-19)26-18-20-8-5-6-9-22(20)25-17-16-24-15-7-14-23-4-2/h5-6,8-13H,3-4,7,14-18H2,1-2H3. The molecule has 0 saturated carbocycles. The number of hydrogen-bond donors (Lipinski definition) is 0. The van der Waals surface area contributed by atoms with E-state index in [1.807, 2.05) is 43.3 Å².